The molecule has 1 aromatic heterocycles. The van der Waals surface area contributed by atoms with Crippen molar-refractivity contribution in [3.8, 4) is 5.75 Å². The van der Waals surface area contributed by atoms with Crippen molar-refractivity contribution in [3.05, 3.63) is 84.1 Å². The van der Waals surface area contributed by atoms with E-state index in [1.165, 1.54) is 18.2 Å². The van der Waals surface area contributed by atoms with E-state index in [2.05, 4.69) is 26.3 Å². The van der Waals surface area contributed by atoms with Crippen LogP contribution < -0.4 is 26.0 Å². The van der Waals surface area contributed by atoms with Gasteiger partial charge >= 0.3 is 6.03 Å². The number of carbonyl (C=O) groups is 6. The first-order valence-corrected chi connectivity index (χ1v) is 14.4. The van der Waals surface area contributed by atoms with Crippen LogP contribution in [0.4, 0.5) is 21.9 Å². The number of ether oxygens (including phenoxy) is 2. The van der Waals surface area contributed by atoms with Gasteiger partial charge in [0.1, 0.15) is 25.0 Å². The monoisotopic (exact) mass is 624 g/mol. The number of nitrogens with one attached hydrogen (secondary N) is 5. The smallest absolute Gasteiger partial charge is 0.323 e. The van der Waals surface area contributed by atoms with Gasteiger partial charge in [-0.05, 0) is 73.2 Å². The van der Waals surface area contributed by atoms with Crippen LogP contribution in [0.15, 0.2) is 72.9 Å². The van der Waals surface area contributed by atoms with E-state index in [-0.39, 0.29) is 43.8 Å². The van der Waals surface area contributed by atoms with E-state index in [1.807, 2.05) is 24.4 Å². The lowest BCUT2D eigenvalue weighted by atomic mass is 10.0. The van der Waals surface area contributed by atoms with Gasteiger partial charge < -0.3 is 30.4 Å². The van der Waals surface area contributed by atoms with Gasteiger partial charge in [-0.15, -0.1) is 0 Å². The lowest BCUT2D eigenvalue weighted by molar-refractivity contribution is -0.136. The standard InChI is InChI=1S/C32H28N6O8/c39-27-10-9-26(29(41)37-27)38-30(42)23-7-6-22(16-24(23)31(38)43)46-14-13-45-17-28(40)34-19-1-3-20(4-2-19)35-32(44)36-21-5-8-25-18(15-21)11-12-33-25/h1-8,11-12,15-16,26,33H,9-10,13-14,17H2,(H,34,40)(H2,35,36,44)(H,37,39,41). The zero-order chi connectivity index (χ0) is 32.2. The average molecular weight is 625 g/mol. The van der Waals surface area contributed by atoms with Crippen molar-refractivity contribution in [2.24, 2.45) is 0 Å². The quantitative estimate of drug-likeness (QED) is 0.131. The predicted molar refractivity (Wildman–Crippen MR) is 165 cm³/mol. The fraction of sp³-hybridized carbons (Fsp3) is 0.188. The van der Waals surface area contributed by atoms with Crippen molar-refractivity contribution in [1.82, 2.24) is 15.2 Å². The van der Waals surface area contributed by atoms with E-state index in [1.54, 1.807) is 30.3 Å². The highest BCUT2D eigenvalue weighted by atomic mass is 16.5. The largest absolute Gasteiger partial charge is 0.491 e. The van der Waals surface area contributed by atoms with Crippen molar-refractivity contribution in [3.63, 3.8) is 0 Å². The summed E-state index contributed by atoms with van der Waals surface area (Å²) in [5.41, 5.74) is 2.91. The number of hydrogen-bond donors (Lipinski definition) is 5. The van der Waals surface area contributed by atoms with Crippen molar-refractivity contribution in [2.45, 2.75) is 18.9 Å². The Hall–Kier alpha value is -6.02. The normalized spacial score (nSPS) is 15.8. The second kappa shape index (κ2) is 12.9. The maximum atomic E-state index is 12.9. The minimum absolute atomic E-state index is 0.0355. The molecule has 0 radical (unpaired) electrons. The summed E-state index contributed by atoms with van der Waals surface area (Å²) in [6.07, 6.45) is 1.93. The third-order valence-corrected chi connectivity index (χ3v) is 7.38. The van der Waals surface area contributed by atoms with Crippen LogP contribution in [0.2, 0.25) is 0 Å². The molecule has 1 fully saturated rings. The molecule has 14 nitrogen and oxygen atoms in total. The zero-order valence-corrected chi connectivity index (χ0v) is 24.3. The first-order valence-electron chi connectivity index (χ1n) is 14.4. The Morgan fingerprint density at radius 1 is 0.804 bits per heavy atom. The molecule has 14 heteroatoms. The molecule has 234 valence electrons. The minimum Gasteiger partial charge on any atom is -0.491 e. The van der Waals surface area contributed by atoms with E-state index in [4.69, 9.17) is 9.47 Å². The number of carbonyl (C=O) groups excluding carboxylic acids is 6. The number of fused-ring (bicyclic) bond motifs is 2. The summed E-state index contributed by atoms with van der Waals surface area (Å²) in [6, 6.07) is 17.0. The number of benzene rings is 3. The number of amides is 7. The van der Waals surface area contributed by atoms with E-state index in [0.29, 0.717) is 22.8 Å². The van der Waals surface area contributed by atoms with Crippen molar-refractivity contribution in [1.29, 1.82) is 0 Å². The fourth-order valence-electron chi connectivity index (χ4n) is 5.18. The summed E-state index contributed by atoms with van der Waals surface area (Å²) in [7, 11) is 0. The molecule has 5 N–H and O–H groups in total. The predicted octanol–water partition coefficient (Wildman–Crippen LogP) is 3.25. The van der Waals surface area contributed by atoms with Crippen LogP contribution in [0.1, 0.15) is 33.6 Å². The number of aromatic amines is 1. The summed E-state index contributed by atoms with van der Waals surface area (Å²) in [4.78, 5) is 78.1. The SMILES string of the molecule is O=C1CCC(N2C(=O)c3ccc(OCCOCC(=O)Nc4ccc(NC(=O)Nc5ccc6[nH]ccc6c5)cc4)cc3C2=O)C(=O)N1. The molecule has 0 bridgehead atoms. The van der Waals surface area contributed by atoms with Gasteiger partial charge in [0.05, 0.1) is 17.7 Å². The van der Waals surface area contributed by atoms with Crippen LogP contribution in [-0.2, 0) is 19.1 Å². The van der Waals surface area contributed by atoms with Gasteiger partial charge in [-0.25, -0.2) is 4.79 Å². The molecule has 1 saturated heterocycles. The van der Waals surface area contributed by atoms with Crippen LogP contribution in [0.3, 0.4) is 0 Å². The van der Waals surface area contributed by atoms with Crippen molar-refractivity contribution < 1.29 is 38.2 Å². The van der Waals surface area contributed by atoms with Gasteiger partial charge in [0, 0.05) is 40.6 Å². The van der Waals surface area contributed by atoms with Crippen LogP contribution >= 0.6 is 0 Å². The number of urea groups is 1. The van der Waals surface area contributed by atoms with Crippen LogP contribution in [-0.4, -0.2) is 71.3 Å². The Morgan fingerprint density at radius 3 is 2.30 bits per heavy atom. The number of anilines is 3. The van der Waals surface area contributed by atoms with Gasteiger partial charge in [0.25, 0.3) is 11.8 Å². The zero-order valence-electron chi connectivity index (χ0n) is 24.3. The molecule has 0 spiro atoms. The highest BCUT2D eigenvalue weighted by molar-refractivity contribution is 6.23. The van der Waals surface area contributed by atoms with Crippen molar-refractivity contribution in [2.75, 3.05) is 35.8 Å². The summed E-state index contributed by atoms with van der Waals surface area (Å²) in [5, 5.41) is 11.4. The number of aromatic nitrogens is 1. The molecule has 1 unspecified atom stereocenters. The average Bonchev–Trinajstić information content (AvgIpc) is 3.59. The van der Waals surface area contributed by atoms with Gasteiger partial charge in [-0.2, -0.15) is 0 Å². The maximum Gasteiger partial charge on any atom is 0.323 e. The molecule has 0 aliphatic carbocycles. The number of hydrogen-bond acceptors (Lipinski definition) is 8. The topological polar surface area (TPSA) is 188 Å². The van der Waals surface area contributed by atoms with Gasteiger partial charge in [0.15, 0.2) is 0 Å². The number of H-pyrrole nitrogens is 1. The van der Waals surface area contributed by atoms with Crippen LogP contribution in [0, 0.1) is 0 Å². The Labute approximate surface area is 261 Å². The molecule has 46 heavy (non-hydrogen) atoms. The summed E-state index contributed by atoms with van der Waals surface area (Å²) >= 11 is 0. The molecule has 3 heterocycles. The first kappa shape index (κ1) is 30.0. The maximum absolute atomic E-state index is 12.9. The minimum atomic E-state index is -1.05. The highest BCUT2D eigenvalue weighted by Gasteiger charge is 2.44. The summed E-state index contributed by atoms with van der Waals surface area (Å²) in [6.45, 7) is -0.114. The Bertz CT molecular complexity index is 1870. The molecule has 1 atom stereocenters. The summed E-state index contributed by atoms with van der Waals surface area (Å²) in [5.74, 6) is -2.45. The Balaban J connectivity index is 0.912. The lowest BCUT2D eigenvalue weighted by Crippen LogP contribution is -2.54. The van der Waals surface area contributed by atoms with E-state index in [9.17, 15) is 28.8 Å². The molecule has 6 rings (SSSR count). The van der Waals surface area contributed by atoms with Gasteiger partial charge in [-0.3, -0.25) is 34.2 Å². The Morgan fingerprint density at radius 2 is 1.52 bits per heavy atom. The Kier molecular flexibility index (Phi) is 8.43. The molecule has 2 aliphatic rings. The molecule has 3 aromatic carbocycles. The molecule has 7 amide bonds. The fourth-order valence-corrected chi connectivity index (χ4v) is 5.18. The van der Waals surface area contributed by atoms with Crippen molar-refractivity contribution >= 4 is 63.5 Å². The van der Waals surface area contributed by atoms with Gasteiger partial charge in [-0.1, -0.05) is 0 Å². The van der Waals surface area contributed by atoms with Gasteiger partial charge in [0.2, 0.25) is 17.7 Å². The molecular weight excluding hydrogens is 596 g/mol. The van der Waals surface area contributed by atoms with E-state index < -0.39 is 41.6 Å². The van der Waals surface area contributed by atoms with Crippen LogP contribution in [0.25, 0.3) is 10.9 Å². The third kappa shape index (κ3) is 6.56. The second-order valence-electron chi connectivity index (χ2n) is 10.5. The van der Waals surface area contributed by atoms with E-state index in [0.717, 1.165) is 15.8 Å². The third-order valence-electron chi connectivity index (χ3n) is 7.38. The number of nitrogens with zero attached hydrogens (tertiary/aromatic N) is 1. The molecular formula is C32H28N6O8. The first-order chi connectivity index (χ1) is 22.2. The second-order valence-corrected chi connectivity index (χ2v) is 10.5. The van der Waals surface area contributed by atoms with E-state index >= 15 is 0 Å². The number of piperidine rings is 1. The number of rotatable bonds is 10. The number of imide groups is 2. The molecule has 4 aromatic rings. The highest BCUT2D eigenvalue weighted by Crippen LogP contribution is 2.30. The lowest BCUT2D eigenvalue weighted by Gasteiger charge is -2.27. The van der Waals surface area contributed by atoms with Crippen LogP contribution in [0.5, 0.6) is 5.75 Å². The molecule has 0 saturated carbocycles. The molecule has 2 aliphatic heterocycles. The summed E-state index contributed by atoms with van der Waals surface area (Å²) < 4.78 is 11.0.